The van der Waals surface area contributed by atoms with Gasteiger partial charge in [0.05, 0.1) is 7.11 Å². The van der Waals surface area contributed by atoms with Crippen LogP contribution in [0.1, 0.15) is 26.3 Å². The Morgan fingerprint density at radius 1 is 1.06 bits per heavy atom. The molecule has 0 aliphatic carbocycles. The van der Waals surface area contributed by atoms with E-state index in [1.165, 1.54) is 5.56 Å². The minimum atomic E-state index is -0.450. The average Bonchev–Trinajstić information content (AvgIpc) is 2.72. The summed E-state index contributed by atoms with van der Waals surface area (Å²) in [5.41, 5.74) is 0.801. The van der Waals surface area contributed by atoms with Crippen LogP contribution in [0.25, 0.3) is 0 Å². The second-order valence-corrected chi connectivity index (χ2v) is 8.33. The van der Waals surface area contributed by atoms with E-state index in [1.807, 2.05) is 32.9 Å². The molecule has 1 heterocycles. The topological polar surface area (TPSA) is 78.4 Å². The quantitative estimate of drug-likeness (QED) is 0.311. The molecule has 0 unspecified atom stereocenters. The third-order valence-corrected chi connectivity index (χ3v) is 4.83. The molecule has 31 heavy (non-hydrogen) atoms. The first-order valence-corrected chi connectivity index (χ1v) is 10.6. The number of methoxy groups -OCH3 is 1. The highest BCUT2D eigenvalue weighted by atomic mass is 127. The molecule has 1 aliphatic heterocycles. The second-order valence-electron chi connectivity index (χ2n) is 8.33. The number of ether oxygens (including phenoxy) is 2. The lowest BCUT2D eigenvalue weighted by Crippen LogP contribution is -2.51. The van der Waals surface area contributed by atoms with E-state index in [2.05, 4.69) is 32.7 Å². The van der Waals surface area contributed by atoms with Crippen molar-refractivity contribution >= 4 is 36.0 Å². The summed E-state index contributed by atoms with van der Waals surface area (Å²) in [6.45, 7) is 11.3. The predicted octanol–water partition coefficient (Wildman–Crippen LogP) is 2.57. The Labute approximate surface area is 203 Å². The first-order valence-electron chi connectivity index (χ1n) is 10.6. The molecule has 2 N–H and O–H groups in total. The van der Waals surface area contributed by atoms with Crippen molar-refractivity contribution < 1.29 is 14.3 Å². The van der Waals surface area contributed by atoms with E-state index in [1.54, 1.807) is 19.1 Å². The Hall–Kier alpha value is -1.75. The summed E-state index contributed by atoms with van der Waals surface area (Å²) >= 11 is 0. The van der Waals surface area contributed by atoms with Crippen LogP contribution in [-0.2, 0) is 11.2 Å². The highest BCUT2D eigenvalue weighted by Gasteiger charge is 2.25. The van der Waals surface area contributed by atoms with Gasteiger partial charge in [-0.2, -0.15) is 0 Å². The van der Waals surface area contributed by atoms with Gasteiger partial charge < -0.3 is 25.0 Å². The number of piperazine rings is 1. The zero-order valence-electron chi connectivity index (χ0n) is 19.4. The lowest BCUT2D eigenvalue weighted by molar-refractivity contribution is 0.0147. The summed E-state index contributed by atoms with van der Waals surface area (Å²) < 4.78 is 10.6. The van der Waals surface area contributed by atoms with E-state index in [4.69, 9.17) is 9.47 Å². The van der Waals surface area contributed by atoms with Crippen LogP contribution in [0.4, 0.5) is 4.79 Å². The van der Waals surface area contributed by atoms with E-state index in [-0.39, 0.29) is 30.1 Å². The zero-order valence-corrected chi connectivity index (χ0v) is 21.8. The smallest absolute Gasteiger partial charge is 0.410 e. The molecule has 1 aromatic rings. The first-order chi connectivity index (χ1) is 14.3. The van der Waals surface area contributed by atoms with Crippen LogP contribution in [0.5, 0.6) is 5.75 Å². The lowest BCUT2D eigenvalue weighted by atomic mass is 10.1. The summed E-state index contributed by atoms with van der Waals surface area (Å²) in [6, 6.07) is 8.11. The molecule has 0 spiro atoms. The summed E-state index contributed by atoms with van der Waals surface area (Å²) in [7, 11) is 3.45. The standard InChI is InChI=1S/C22H37N5O3.HI/c1-22(2,3)30-21(28)27-16-14-26(15-17-27)13-12-25-20(23-4)24-11-10-18-6-8-19(29-5)9-7-18;/h6-9H,10-17H2,1-5H3,(H2,23,24,25);1H. The molecule has 1 fully saturated rings. The molecule has 9 heteroatoms. The Morgan fingerprint density at radius 2 is 1.68 bits per heavy atom. The number of guanidine groups is 1. The first kappa shape index (κ1) is 27.3. The van der Waals surface area contributed by atoms with Crippen molar-refractivity contribution in [2.75, 3.05) is 60.0 Å². The Bertz CT molecular complexity index is 683. The van der Waals surface area contributed by atoms with Crippen LogP contribution in [-0.4, -0.2) is 87.4 Å². The van der Waals surface area contributed by atoms with Crippen molar-refractivity contribution in [2.45, 2.75) is 32.8 Å². The molecule has 1 aromatic carbocycles. The molecule has 1 saturated heterocycles. The number of nitrogens with zero attached hydrogens (tertiary/aromatic N) is 3. The highest BCUT2D eigenvalue weighted by molar-refractivity contribution is 14.0. The van der Waals surface area contributed by atoms with E-state index in [0.29, 0.717) is 13.1 Å². The number of benzene rings is 1. The number of aliphatic imine (C=N–C) groups is 1. The maximum Gasteiger partial charge on any atom is 0.410 e. The number of carbonyl (C=O) groups is 1. The minimum absolute atomic E-state index is 0. The normalized spacial score (nSPS) is 15.1. The molecule has 1 aliphatic rings. The van der Waals surface area contributed by atoms with Crippen molar-refractivity contribution in [3.05, 3.63) is 29.8 Å². The average molecular weight is 547 g/mol. The van der Waals surface area contributed by atoms with Crippen molar-refractivity contribution in [1.29, 1.82) is 0 Å². The van der Waals surface area contributed by atoms with Gasteiger partial charge in [-0.25, -0.2) is 4.79 Å². The molecule has 0 aromatic heterocycles. The molecule has 0 bridgehead atoms. The van der Waals surface area contributed by atoms with Crippen molar-refractivity contribution in [3.8, 4) is 5.75 Å². The van der Waals surface area contributed by atoms with Gasteiger partial charge in [0.2, 0.25) is 0 Å². The molecule has 2 rings (SSSR count). The van der Waals surface area contributed by atoms with Crippen molar-refractivity contribution in [3.63, 3.8) is 0 Å². The predicted molar refractivity (Wildman–Crippen MR) is 136 cm³/mol. The SMILES string of the molecule is CN=C(NCCc1ccc(OC)cc1)NCCN1CCN(C(=O)OC(C)(C)C)CC1.I. The van der Waals surface area contributed by atoms with Crippen LogP contribution in [0.15, 0.2) is 29.3 Å². The van der Waals surface area contributed by atoms with E-state index in [0.717, 1.165) is 50.9 Å². The number of nitrogens with one attached hydrogen (secondary N) is 2. The fourth-order valence-electron chi connectivity index (χ4n) is 3.15. The maximum atomic E-state index is 12.1. The number of halogens is 1. The van der Waals surface area contributed by atoms with Gasteiger partial charge in [0.1, 0.15) is 11.4 Å². The second kappa shape index (κ2) is 13.6. The molecule has 8 nitrogen and oxygen atoms in total. The summed E-state index contributed by atoms with van der Waals surface area (Å²) in [5.74, 6) is 1.67. The molecular weight excluding hydrogens is 509 g/mol. The van der Waals surface area contributed by atoms with Crippen LogP contribution in [0.2, 0.25) is 0 Å². The fourth-order valence-corrected chi connectivity index (χ4v) is 3.15. The number of hydrogen-bond acceptors (Lipinski definition) is 5. The molecule has 0 atom stereocenters. The van der Waals surface area contributed by atoms with Crippen molar-refractivity contribution in [1.82, 2.24) is 20.4 Å². The zero-order chi connectivity index (χ0) is 22.0. The maximum absolute atomic E-state index is 12.1. The third kappa shape index (κ3) is 10.4. The van der Waals surface area contributed by atoms with Crippen LogP contribution in [0, 0.1) is 0 Å². The summed E-state index contributed by atoms with van der Waals surface area (Å²) in [6.07, 6.45) is 0.693. The number of hydrogen-bond donors (Lipinski definition) is 2. The van der Waals surface area contributed by atoms with Gasteiger partial charge in [-0.3, -0.25) is 9.89 Å². The van der Waals surface area contributed by atoms with Crippen LogP contribution < -0.4 is 15.4 Å². The van der Waals surface area contributed by atoms with Gasteiger partial charge in [-0.1, -0.05) is 12.1 Å². The molecular formula is C22H38IN5O3. The van der Waals surface area contributed by atoms with Crippen LogP contribution >= 0.6 is 24.0 Å². The summed E-state index contributed by atoms with van der Waals surface area (Å²) in [5, 5.41) is 6.71. The molecule has 176 valence electrons. The number of amides is 1. The van der Waals surface area contributed by atoms with Gasteiger partial charge in [0.15, 0.2) is 5.96 Å². The molecule has 1 amide bonds. The van der Waals surface area contributed by atoms with Gasteiger partial charge in [-0.05, 0) is 44.9 Å². The minimum Gasteiger partial charge on any atom is -0.497 e. The van der Waals surface area contributed by atoms with E-state index < -0.39 is 5.60 Å². The van der Waals surface area contributed by atoms with Gasteiger partial charge in [0.25, 0.3) is 0 Å². The highest BCUT2D eigenvalue weighted by Crippen LogP contribution is 2.12. The number of carbonyl (C=O) groups excluding carboxylic acids is 1. The van der Waals surface area contributed by atoms with Crippen LogP contribution in [0.3, 0.4) is 0 Å². The Morgan fingerprint density at radius 3 is 2.23 bits per heavy atom. The van der Waals surface area contributed by atoms with E-state index in [9.17, 15) is 4.79 Å². The Kier molecular flexibility index (Phi) is 12.0. The van der Waals surface area contributed by atoms with E-state index >= 15 is 0 Å². The van der Waals surface area contributed by atoms with Gasteiger partial charge in [-0.15, -0.1) is 24.0 Å². The molecule has 0 saturated carbocycles. The molecule has 0 radical (unpaired) electrons. The third-order valence-electron chi connectivity index (χ3n) is 4.83. The number of rotatable bonds is 7. The monoisotopic (exact) mass is 547 g/mol. The lowest BCUT2D eigenvalue weighted by Gasteiger charge is -2.35. The summed E-state index contributed by atoms with van der Waals surface area (Å²) in [4.78, 5) is 20.6. The largest absolute Gasteiger partial charge is 0.497 e. The Balaban J connectivity index is 0.00000480. The van der Waals surface area contributed by atoms with Gasteiger partial charge in [0, 0.05) is 52.9 Å². The fraction of sp³-hybridized carbons (Fsp3) is 0.636. The van der Waals surface area contributed by atoms with Gasteiger partial charge >= 0.3 is 6.09 Å². The van der Waals surface area contributed by atoms with Crippen molar-refractivity contribution in [2.24, 2.45) is 4.99 Å².